The van der Waals surface area contributed by atoms with Crippen molar-refractivity contribution in [3.8, 4) is 45.4 Å². The smallest absolute Gasteiger partial charge is 0.223 e. The second-order valence-electron chi connectivity index (χ2n) is 16.1. The summed E-state index contributed by atoms with van der Waals surface area (Å²) in [6.45, 7) is 10.0. The Morgan fingerprint density at radius 2 is 1.21 bits per heavy atom. The number of piperidine rings is 2. The second kappa shape index (κ2) is 15.9. The van der Waals surface area contributed by atoms with Crippen LogP contribution in [0.4, 0.5) is 11.6 Å². The van der Waals surface area contributed by atoms with Gasteiger partial charge in [0, 0.05) is 75.2 Å². The molecule has 8 heterocycles. The van der Waals surface area contributed by atoms with Gasteiger partial charge in [-0.3, -0.25) is 0 Å². The fourth-order valence-electron chi connectivity index (χ4n) is 9.24. The molecule has 2 saturated carbocycles. The summed E-state index contributed by atoms with van der Waals surface area (Å²) >= 11 is 0. The summed E-state index contributed by atoms with van der Waals surface area (Å²) in [5.41, 5.74) is 8.88. The third-order valence-electron chi connectivity index (χ3n) is 12.2. The highest BCUT2D eigenvalue weighted by atomic mass is 16.5. The summed E-state index contributed by atoms with van der Waals surface area (Å²) in [5, 5.41) is 11.6. The van der Waals surface area contributed by atoms with E-state index in [9.17, 15) is 0 Å². The van der Waals surface area contributed by atoms with Crippen molar-refractivity contribution in [3.63, 3.8) is 0 Å². The fourth-order valence-corrected chi connectivity index (χ4v) is 9.24. The molecule has 12 heteroatoms. The van der Waals surface area contributed by atoms with E-state index >= 15 is 0 Å². The highest BCUT2D eigenvalue weighted by molar-refractivity contribution is 5.77. The lowest BCUT2D eigenvalue weighted by Gasteiger charge is -2.26. The normalized spacial score (nSPS) is 22.3. The first kappa shape index (κ1) is 37.8. The van der Waals surface area contributed by atoms with Crippen molar-refractivity contribution in [3.05, 3.63) is 109 Å². The number of hydrogen-bond donors (Lipinski definition) is 1. The molecule has 4 atom stereocenters. The molecule has 300 valence electrons. The zero-order chi connectivity index (χ0) is 39.9. The van der Waals surface area contributed by atoms with Crippen molar-refractivity contribution >= 4 is 11.6 Å². The molecule has 58 heavy (non-hydrogen) atoms. The van der Waals surface area contributed by atoms with Gasteiger partial charge in [0.1, 0.15) is 24.8 Å². The molecule has 4 aromatic heterocycles. The third-order valence-corrected chi connectivity index (χ3v) is 12.2. The second-order valence-corrected chi connectivity index (χ2v) is 16.1. The molecule has 2 unspecified atom stereocenters. The van der Waals surface area contributed by atoms with E-state index in [0.717, 1.165) is 88.4 Å². The lowest BCUT2D eigenvalue weighted by atomic mass is 9.98. The minimum absolute atomic E-state index is 0.525. The monoisotopic (exact) mass is 778 g/mol. The van der Waals surface area contributed by atoms with Crippen molar-refractivity contribution < 1.29 is 9.47 Å². The maximum absolute atomic E-state index is 6.04. The van der Waals surface area contributed by atoms with Gasteiger partial charge in [0.15, 0.2) is 0 Å². The van der Waals surface area contributed by atoms with E-state index in [0.29, 0.717) is 19.1 Å². The zero-order valence-corrected chi connectivity index (χ0v) is 34.4. The number of fused-ring (bicyclic) bond motifs is 8. The molecule has 6 aliphatic rings. The number of likely N-dealkylation sites (tertiary alicyclic amines) is 1. The van der Waals surface area contributed by atoms with Crippen LogP contribution in [0.3, 0.4) is 0 Å². The number of hydrogen-bond acceptors (Lipinski definition) is 10. The van der Waals surface area contributed by atoms with E-state index in [4.69, 9.17) is 14.5 Å². The molecular weight excluding hydrogens is 725 g/mol. The lowest BCUT2D eigenvalue weighted by molar-refractivity contribution is 0.290. The third kappa shape index (κ3) is 7.42. The van der Waals surface area contributed by atoms with Crippen LogP contribution in [0.2, 0.25) is 0 Å². The molecule has 2 aliphatic carbocycles. The lowest BCUT2D eigenvalue weighted by Crippen LogP contribution is -2.31. The predicted octanol–water partition coefficient (Wildman–Crippen LogP) is 7.29. The Morgan fingerprint density at radius 3 is 1.69 bits per heavy atom. The van der Waals surface area contributed by atoms with Crippen molar-refractivity contribution in [2.24, 2.45) is 23.7 Å². The maximum atomic E-state index is 6.04. The predicted molar refractivity (Wildman–Crippen MR) is 229 cm³/mol. The largest absolute Gasteiger partial charge is 0.472 e. The number of anilines is 2. The van der Waals surface area contributed by atoms with Crippen molar-refractivity contribution in [1.82, 2.24) is 39.3 Å². The molecule has 12 nitrogen and oxygen atoms in total. The van der Waals surface area contributed by atoms with Gasteiger partial charge >= 0.3 is 0 Å². The minimum atomic E-state index is 0.525. The van der Waals surface area contributed by atoms with Crippen molar-refractivity contribution in [1.29, 1.82) is 0 Å². The summed E-state index contributed by atoms with van der Waals surface area (Å²) in [6.07, 6.45) is 8.98. The van der Waals surface area contributed by atoms with Crippen LogP contribution in [0.15, 0.2) is 97.6 Å². The van der Waals surface area contributed by atoms with Gasteiger partial charge in [0.25, 0.3) is 0 Å². The van der Waals surface area contributed by atoms with Gasteiger partial charge in [-0.15, -0.1) is 0 Å². The van der Waals surface area contributed by atoms with Gasteiger partial charge in [-0.05, 0) is 134 Å². The van der Waals surface area contributed by atoms with Crippen LogP contribution in [-0.4, -0.2) is 99.7 Å². The average molecular weight is 779 g/mol. The summed E-state index contributed by atoms with van der Waals surface area (Å²) < 4.78 is 15.5. The number of nitrogens with zero attached hydrogens (tertiary/aromatic N) is 9. The number of rotatable bonds is 5. The first-order chi connectivity index (χ1) is 28.4. The molecule has 0 radical (unpaired) electrons. The van der Waals surface area contributed by atoms with E-state index in [2.05, 4.69) is 105 Å². The number of aromatic nitrogens is 6. The Bertz CT molecular complexity index is 2340. The summed E-state index contributed by atoms with van der Waals surface area (Å²) in [7, 11) is 8.44. The van der Waals surface area contributed by atoms with E-state index in [1.165, 1.54) is 36.2 Å². The first-order valence-corrected chi connectivity index (χ1v) is 20.7. The molecule has 12 rings (SSSR count). The van der Waals surface area contributed by atoms with E-state index in [1.807, 2.05) is 66.9 Å². The molecule has 2 aromatic carbocycles. The number of nitrogens with one attached hydrogen (secondary N) is 1. The van der Waals surface area contributed by atoms with Gasteiger partial charge in [-0.2, -0.15) is 20.2 Å². The van der Waals surface area contributed by atoms with Crippen LogP contribution in [0.25, 0.3) is 33.6 Å². The van der Waals surface area contributed by atoms with Crippen molar-refractivity contribution in [2.45, 2.75) is 39.5 Å². The molecule has 4 aliphatic heterocycles. The molecule has 2 saturated heterocycles. The molecule has 0 amide bonds. The maximum Gasteiger partial charge on any atom is 0.223 e. The van der Waals surface area contributed by atoms with Crippen LogP contribution in [0.5, 0.6) is 11.8 Å². The Kier molecular flexibility index (Phi) is 10.4. The summed E-state index contributed by atoms with van der Waals surface area (Å²) in [5.74, 6) is 7.09. The van der Waals surface area contributed by atoms with Gasteiger partial charge in [-0.1, -0.05) is 26.0 Å². The van der Waals surface area contributed by atoms with Crippen LogP contribution in [-0.2, 0) is 13.2 Å². The number of benzene rings is 2. The Labute approximate surface area is 341 Å². The van der Waals surface area contributed by atoms with Crippen LogP contribution < -0.4 is 19.7 Å². The number of ether oxygens (including phenoxy) is 2. The zero-order valence-electron chi connectivity index (χ0n) is 34.4. The molecule has 6 aromatic rings. The minimum Gasteiger partial charge on any atom is -0.472 e. The van der Waals surface area contributed by atoms with Crippen LogP contribution in [0, 0.1) is 23.7 Å². The van der Waals surface area contributed by atoms with E-state index in [1.54, 1.807) is 12.4 Å². The molecule has 0 bridgehead atoms. The van der Waals surface area contributed by atoms with Crippen LogP contribution in [0.1, 0.15) is 31.4 Å². The molecular formula is C46H54N10O2. The van der Waals surface area contributed by atoms with Gasteiger partial charge < -0.3 is 29.5 Å². The van der Waals surface area contributed by atoms with Gasteiger partial charge in [0.2, 0.25) is 11.8 Å². The fraction of sp³-hybridized carbons (Fsp3) is 0.391. The number of pyridine rings is 2. The highest BCUT2D eigenvalue weighted by Gasteiger charge is 2.57. The van der Waals surface area contributed by atoms with E-state index in [-0.39, 0.29) is 0 Å². The van der Waals surface area contributed by atoms with Crippen LogP contribution >= 0.6 is 0 Å². The molecule has 0 spiro atoms. The average Bonchev–Trinajstić information content (AvgIpc) is 3.71. The quantitative estimate of drug-likeness (QED) is 0.192. The SMILES string of the molecule is CC.CN(C)C1C2CN(c3ccc4c(n3)OCc3cc(-n5cccn5)ccc3-4)CC21.CN1C[C@H]2C[C@H]2C1.CNc1ccc2c(n1)OCc1cc(-n3cccn3)ccc1-2. The Hall–Kier alpha value is -5.72. The molecule has 1 N–H and O–H groups in total. The standard InChI is InChI=1S/C22H23N5O.C16H14N4O.C6H11N.C2H6/c1-25(2)21-18-11-26(12-19(18)21)20-7-6-17-16-5-4-15(27-9-3-8-23-27)10-14(16)13-28-22(17)24-20;1-17-15-6-5-14-13-4-3-12(20-8-2-7-18-20)9-11(13)10-21-16(14)19-15;1-7-3-5-2-6(5)4-7;1-2/h3-10,18-19,21H,11-13H2,1-2H3;2-9H,10H2,1H3,(H,17,19);5-6H,2-4H2,1H3;1-2H3/t;;5-,6+;. The topological polar surface area (TPSA) is 102 Å². The molecule has 4 fully saturated rings. The summed E-state index contributed by atoms with van der Waals surface area (Å²) in [6, 6.07) is 25.6. The van der Waals surface area contributed by atoms with E-state index < -0.39 is 0 Å². The highest BCUT2D eigenvalue weighted by Crippen LogP contribution is 2.49. The Morgan fingerprint density at radius 1 is 0.672 bits per heavy atom. The first-order valence-electron chi connectivity index (χ1n) is 20.7. The Balaban J connectivity index is 0.000000127. The van der Waals surface area contributed by atoms with Gasteiger partial charge in [-0.25, -0.2) is 9.36 Å². The van der Waals surface area contributed by atoms with Gasteiger partial charge in [0.05, 0.1) is 11.4 Å². The summed E-state index contributed by atoms with van der Waals surface area (Å²) in [4.78, 5) is 16.5. The van der Waals surface area contributed by atoms with Crippen molar-refractivity contribution in [2.75, 3.05) is 64.6 Å².